The van der Waals surface area contributed by atoms with E-state index in [2.05, 4.69) is 10.0 Å². The molecule has 0 spiro atoms. The largest absolute Gasteiger partial charge is 0.416 e. The minimum absolute atomic E-state index is 0.150. The van der Waals surface area contributed by atoms with Crippen LogP contribution >= 0.6 is 0 Å². The SMILES string of the molecule is CC1(C)CC(c2ccccc2NS(=O)(=O)c2ccccc2)Nc2ccc(C(F)(F)F)cc21. The van der Waals surface area contributed by atoms with E-state index in [1.54, 1.807) is 30.3 Å². The number of hydrogen-bond acceptors (Lipinski definition) is 3. The Bertz CT molecular complexity index is 1240. The van der Waals surface area contributed by atoms with Gasteiger partial charge in [0.05, 0.1) is 22.2 Å². The maximum atomic E-state index is 13.2. The lowest BCUT2D eigenvalue weighted by atomic mass is 9.73. The first-order chi connectivity index (χ1) is 15.0. The fourth-order valence-electron chi connectivity index (χ4n) is 4.15. The van der Waals surface area contributed by atoms with Gasteiger partial charge >= 0.3 is 6.18 Å². The van der Waals surface area contributed by atoms with Crippen LogP contribution < -0.4 is 10.0 Å². The third-order valence-corrected chi connectivity index (χ3v) is 7.14. The summed E-state index contributed by atoms with van der Waals surface area (Å²) < 4.78 is 68.0. The van der Waals surface area contributed by atoms with Gasteiger partial charge in [-0.1, -0.05) is 50.2 Å². The summed E-state index contributed by atoms with van der Waals surface area (Å²) in [5.41, 5.74) is 1.12. The van der Waals surface area contributed by atoms with Gasteiger partial charge in [0.1, 0.15) is 0 Å². The number of halogens is 3. The van der Waals surface area contributed by atoms with Gasteiger partial charge in [-0.25, -0.2) is 8.42 Å². The Labute approximate surface area is 185 Å². The molecule has 1 heterocycles. The maximum Gasteiger partial charge on any atom is 0.416 e. The Morgan fingerprint density at radius 1 is 0.969 bits per heavy atom. The first-order valence-corrected chi connectivity index (χ1v) is 11.6. The van der Waals surface area contributed by atoms with Gasteiger partial charge in [0.25, 0.3) is 10.0 Å². The van der Waals surface area contributed by atoms with Crippen LogP contribution in [0.4, 0.5) is 24.5 Å². The van der Waals surface area contributed by atoms with Gasteiger partial charge in [-0.15, -0.1) is 0 Å². The molecule has 3 aromatic carbocycles. The number of benzene rings is 3. The van der Waals surface area contributed by atoms with E-state index in [0.717, 1.165) is 11.6 Å². The van der Waals surface area contributed by atoms with Gasteiger partial charge in [-0.3, -0.25) is 4.72 Å². The summed E-state index contributed by atoms with van der Waals surface area (Å²) in [6.07, 6.45) is -3.92. The summed E-state index contributed by atoms with van der Waals surface area (Å²) in [7, 11) is -3.79. The third kappa shape index (κ3) is 4.32. The van der Waals surface area contributed by atoms with Gasteiger partial charge < -0.3 is 5.32 Å². The van der Waals surface area contributed by atoms with Crippen LogP contribution in [-0.2, 0) is 21.6 Å². The van der Waals surface area contributed by atoms with Gasteiger partial charge in [0, 0.05) is 5.69 Å². The van der Waals surface area contributed by atoms with Crippen molar-refractivity contribution in [1.29, 1.82) is 0 Å². The zero-order valence-corrected chi connectivity index (χ0v) is 18.4. The number of para-hydroxylation sites is 1. The monoisotopic (exact) mass is 460 g/mol. The highest BCUT2D eigenvalue weighted by Crippen LogP contribution is 2.47. The summed E-state index contributed by atoms with van der Waals surface area (Å²) in [5, 5.41) is 3.31. The van der Waals surface area contributed by atoms with Crippen LogP contribution in [0.2, 0.25) is 0 Å². The molecule has 4 rings (SSSR count). The van der Waals surface area contributed by atoms with Crippen LogP contribution in [0.25, 0.3) is 0 Å². The number of anilines is 2. The molecular weight excluding hydrogens is 437 g/mol. The van der Waals surface area contributed by atoms with Gasteiger partial charge in [0.2, 0.25) is 0 Å². The van der Waals surface area contributed by atoms with E-state index in [4.69, 9.17) is 0 Å². The summed E-state index contributed by atoms with van der Waals surface area (Å²) in [6, 6.07) is 18.6. The quantitative estimate of drug-likeness (QED) is 0.478. The average molecular weight is 461 g/mol. The van der Waals surface area contributed by atoms with Gasteiger partial charge in [0.15, 0.2) is 0 Å². The van der Waals surface area contributed by atoms with Gasteiger partial charge in [-0.05, 0) is 59.4 Å². The highest BCUT2D eigenvalue weighted by atomic mass is 32.2. The van der Waals surface area contributed by atoms with E-state index in [1.807, 2.05) is 26.0 Å². The number of nitrogens with one attached hydrogen (secondary N) is 2. The Balaban J connectivity index is 1.69. The Morgan fingerprint density at radius 2 is 1.62 bits per heavy atom. The van der Waals surface area contributed by atoms with Crippen molar-refractivity contribution in [1.82, 2.24) is 0 Å². The highest BCUT2D eigenvalue weighted by Gasteiger charge is 2.38. The molecule has 0 aliphatic carbocycles. The second-order valence-electron chi connectivity index (χ2n) is 8.55. The van der Waals surface area contributed by atoms with Crippen LogP contribution in [0.15, 0.2) is 77.7 Å². The van der Waals surface area contributed by atoms with Crippen LogP contribution in [0.5, 0.6) is 0 Å². The molecule has 168 valence electrons. The Kier molecular flexibility index (Phi) is 5.45. The number of alkyl halides is 3. The molecule has 2 N–H and O–H groups in total. The summed E-state index contributed by atoms with van der Waals surface area (Å²) in [6.45, 7) is 3.80. The average Bonchev–Trinajstić information content (AvgIpc) is 2.73. The summed E-state index contributed by atoms with van der Waals surface area (Å²) in [4.78, 5) is 0.150. The first-order valence-electron chi connectivity index (χ1n) is 10.1. The molecule has 1 atom stereocenters. The predicted octanol–water partition coefficient (Wildman–Crippen LogP) is 6.34. The molecule has 1 aliphatic heterocycles. The molecule has 0 bridgehead atoms. The number of hydrogen-bond donors (Lipinski definition) is 2. The van der Waals surface area contributed by atoms with Crippen molar-refractivity contribution in [3.63, 3.8) is 0 Å². The summed E-state index contributed by atoms with van der Waals surface area (Å²) >= 11 is 0. The molecule has 0 radical (unpaired) electrons. The Hall–Kier alpha value is -3.00. The van der Waals surface area contributed by atoms with Crippen LogP contribution in [0.3, 0.4) is 0 Å². The number of sulfonamides is 1. The molecule has 1 aliphatic rings. The smallest absolute Gasteiger partial charge is 0.378 e. The molecule has 0 aromatic heterocycles. The highest BCUT2D eigenvalue weighted by molar-refractivity contribution is 7.92. The fourth-order valence-corrected chi connectivity index (χ4v) is 5.26. The molecule has 1 unspecified atom stereocenters. The maximum absolute atomic E-state index is 13.2. The topological polar surface area (TPSA) is 58.2 Å². The van der Waals surface area contributed by atoms with E-state index < -0.39 is 27.2 Å². The van der Waals surface area contributed by atoms with Crippen molar-refractivity contribution in [3.05, 3.63) is 89.5 Å². The molecule has 4 nitrogen and oxygen atoms in total. The number of rotatable bonds is 4. The minimum Gasteiger partial charge on any atom is -0.378 e. The van der Waals surface area contributed by atoms with Crippen molar-refractivity contribution in [2.45, 2.75) is 42.8 Å². The lowest BCUT2D eigenvalue weighted by molar-refractivity contribution is -0.137. The first kappa shape index (κ1) is 22.2. The van der Waals surface area contributed by atoms with E-state index >= 15 is 0 Å². The standard InChI is InChI=1S/C24H23F3N2O2S/c1-23(2)15-22(28-21-13-12-16(14-19(21)23)24(25,26)27)18-10-6-7-11-20(18)29-32(30,31)17-8-4-3-5-9-17/h3-14,22,28-29H,15H2,1-2H3. The van der Waals surface area contributed by atoms with Crippen LogP contribution in [0, 0.1) is 0 Å². The molecule has 0 fully saturated rings. The van der Waals surface area contributed by atoms with Crippen molar-refractivity contribution in [2.75, 3.05) is 10.0 Å². The summed E-state index contributed by atoms with van der Waals surface area (Å²) in [5.74, 6) is 0. The lowest BCUT2D eigenvalue weighted by Crippen LogP contribution is -2.32. The van der Waals surface area contributed by atoms with Crippen LogP contribution in [0.1, 0.15) is 43.0 Å². The van der Waals surface area contributed by atoms with Gasteiger partial charge in [-0.2, -0.15) is 13.2 Å². The van der Waals surface area contributed by atoms with E-state index in [0.29, 0.717) is 23.4 Å². The lowest BCUT2D eigenvalue weighted by Gasteiger charge is -2.39. The van der Waals surface area contributed by atoms with Crippen molar-refractivity contribution >= 4 is 21.4 Å². The normalized spacial score (nSPS) is 17.8. The van der Waals surface area contributed by atoms with E-state index in [-0.39, 0.29) is 10.9 Å². The van der Waals surface area contributed by atoms with E-state index in [1.165, 1.54) is 24.3 Å². The minimum atomic E-state index is -4.41. The predicted molar refractivity (Wildman–Crippen MR) is 119 cm³/mol. The molecule has 3 aromatic rings. The van der Waals surface area contributed by atoms with E-state index in [9.17, 15) is 21.6 Å². The van der Waals surface area contributed by atoms with Crippen molar-refractivity contribution in [3.8, 4) is 0 Å². The molecule has 8 heteroatoms. The fraction of sp³-hybridized carbons (Fsp3) is 0.250. The zero-order chi connectivity index (χ0) is 23.1. The molecule has 0 saturated heterocycles. The molecule has 0 saturated carbocycles. The van der Waals surface area contributed by atoms with Crippen molar-refractivity contribution < 1.29 is 21.6 Å². The third-order valence-electron chi connectivity index (χ3n) is 5.75. The van der Waals surface area contributed by atoms with Crippen LogP contribution in [-0.4, -0.2) is 8.42 Å². The molecular formula is C24H23F3N2O2S. The molecule has 32 heavy (non-hydrogen) atoms. The van der Waals surface area contributed by atoms with Crippen molar-refractivity contribution in [2.24, 2.45) is 0 Å². The number of fused-ring (bicyclic) bond motifs is 1. The second kappa shape index (κ2) is 7.85. The second-order valence-corrected chi connectivity index (χ2v) is 10.2. The Morgan fingerprint density at radius 3 is 2.31 bits per heavy atom. The molecule has 0 amide bonds. The zero-order valence-electron chi connectivity index (χ0n) is 17.6.